The van der Waals surface area contributed by atoms with Gasteiger partial charge in [-0.05, 0) is 12.8 Å². The van der Waals surface area contributed by atoms with Crippen molar-refractivity contribution in [2.45, 2.75) is 96.4 Å². The monoisotopic (exact) mass is 416 g/mol. The number of carbonyl (C=O) groups is 2. The van der Waals surface area contributed by atoms with Crippen molar-refractivity contribution in [2.75, 3.05) is 0 Å². The molecule has 2 rings (SSSR count). The summed E-state index contributed by atoms with van der Waals surface area (Å²) >= 11 is 0. The van der Waals surface area contributed by atoms with E-state index in [0.29, 0.717) is 17.6 Å². The van der Waals surface area contributed by atoms with Crippen molar-refractivity contribution in [3.63, 3.8) is 0 Å². The van der Waals surface area contributed by atoms with Gasteiger partial charge in [0.1, 0.15) is 6.10 Å². The molecule has 2 atom stereocenters. The van der Waals surface area contributed by atoms with Crippen LogP contribution in [0.5, 0.6) is 0 Å². The van der Waals surface area contributed by atoms with Gasteiger partial charge in [-0.3, -0.25) is 4.79 Å². The number of esters is 2. The minimum absolute atomic E-state index is 0.296. The number of rotatable bonds is 14. The lowest BCUT2D eigenvalue weighted by Gasteiger charge is -2.30. The van der Waals surface area contributed by atoms with Crippen LogP contribution in [0.25, 0.3) is 0 Å². The molecule has 1 aromatic rings. The van der Waals surface area contributed by atoms with E-state index in [1.54, 1.807) is 24.3 Å². The van der Waals surface area contributed by atoms with Crippen LogP contribution in [0, 0.1) is 0 Å². The quantitative estimate of drug-likeness (QED) is 0.318. The van der Waals surface area contributed by atoms with Crippen LogP contribution in [0.15, 0.2) is 42.0 Å². The molecule has 5 nitrogen and oxygen atoms in total. The largest absolute Gasteiger partial charge is 0.458 e. The Labute approximate surface area is 180 Å². The normalized spacial score (nSPS) is 19.3. The first-order valence-corrected chi connectivity index (χ1v) is 11.4. The number of aliphatic hydroxyl groups is 1. The lowest BCUT2D eigenvalue weighted by Crippen LogP contribution is -2.35. The van der Waals surface area contributed by atoms with E-state index in [9.17, 15) is 14.7 Å². The number of hydrogen-bond acceptors (Lipinski definition) is 5. The highest BCUT2D eigenvalue weighted by Gasteiger charge is 2.47. The summed E-state index contributed by atoms with van der Waals surface area (Å²) in [5.41, 5.74) is 0.743. The molecule has 5 heteroatoms. The van der Waals surface area contributed by atoms with Crippen LogP contribution < -0.4 is 0 Å². The summed E-state index contributed by atoms with van der Waals surface area (Å²) in [5, 5.41) is 11.1. The van der Waals surface area contributed by atoms with Crippen LogP contribution in [0.3, 0.4) is 0 Å². The van der Waals surface area contributed by atoms with Gasteiger partial charge in [-0.25, -0.2) is 4.79 Å². The highest BCUT2D eigenvalue weighted by atomic mass is 16.7. The van der Waals surface area contributed by atoms with Crippen molar-refractivity contribution in [1.82, 2.24) is 0 Å². The van der Waals surface area contributed by atoms with Gasteiger partial charge in [0.05, 0.1) is 5.57 Å². The Morgan fingerprint density at radius 2 is 1.57 bits per heavy atom. The SMILES string of the molecule is CCCCCCCCCCCCC(OC(C)=O)C1=CC(=O)OC1(O)c1ccccc1. The van der Waals surface area contributed by atoms with Gasteiger partial charge in [0.15, 0.2) is 0 Å². The van der Waals surface area contributed by atoms with Crippen molar-refractivity contribution in [2.24, 2.45) is 0 Å². The van der Waals surface area contributed by atoms with Gasteiger partial charge in [0.2, 0.25) is 0 Å². The standard InChI is InChI=1S/C25H36O5/c1-3-4-5-6-7-8-9-10-11-15-18-23(29-20(2)26)22-19-24(27)30-25(22,28)21-16-13-12-14-17-21/h12-14,16-17,19,23,28H,3-11,15,18H2,1-2H3. The highest BCUT2D eigenvalue weighted by Crippen LogP contribution is 2.39. The van der Waals surface area contributed by atoms with Gasteiger partial charge < -0.3 is 14.6 Å². The molecule has 1 heterocycles. The highest BCUT2D eigenvalue weighted by molar-refractivity contribution is 5.87. The number of hydrogen-bond donors (Lipinski definition) is 1. The van der Waals surface area contributed by atoms with Crippen LogP contribution in [0.2, 0.25) is 0 Å². The van der Waals surface area contributed by atoms with E-state index >= 15 is 0 Å². The Morgan fingerprint density at radius 1 is 1.00 bits per heavy atom. The van der Waals surface area contributed by atoms with Gasteiger partial charge in [0.25, 0.3) is 5.79 Å². The van der Waals surface area contributed by atoms with Gasteiger partial charge >= 0.3 is 11.9 Å². The van der Waals surface area contributed by atoms with Crippen LogP contribution in [0.1, 0.15) is 90.0 Å². The molecule has 166 valence electrons. The van der Waals surface area contributed by atoms with E-state index in [-0.39, 0.29) is 0 Å². The number of cyclic esters (lactones) is 1. The molecule has 0 bridgehead atoms. The zero-order valence-corrected chi connectivity index (χ0v) is 18.4. The molecule has 0 radical (unpaired) electrons. The van der Waals surface area contributed by atoms with E-state index < -0.39 is 23.8 Å². The molecule has 0 amide bonds. The van der Waals surface area contributed by atoms with Crippen molar-refractivity contribution in [3.05, 3.63) is 47.5 Å². The van der Waals surface area contributed by atoms with Crippen molar-refractivity contribution < 1.29 is 24.2 Å². The molecule has 0 saturated carbocycles. The molecule has 2 unspecified atom stereocenters. The van der Waals surface area contributed by atoms with Gasteiger partial charge in [0, 0.05) is 18.6 Å². The van der Waals surface area contributed by atoms with Crippen LogP contribution in [-0.2, 0) is 24.8 Å². The predicted octanol–water partition coefficient (Wildman–Crippen LogP) is 5.56. The van der Waals surface area contributed by atoms with Crippen LogP contribution >= 0.6 is 0 Å². The Balaban J connectivity index is 1.88. The average Bonchev–Trinajstić information content (AvgIpc) is 3.04. The second-order valence-electron chi connectivity index (χ2n) is 8.10. The summed E-state index contributed by atoms with van der Waals surface area (Å²) in [6, 6.07) is 8.73. The van der Waals surface area contributed by atoms with Crippen molar-refractivity contribution in [3.8, 4) is 0 Å². The number of unbranched alkanes of at least 4 members (excludes halogenated alkanes) is 9. The molecule has 0 spiro atoms. The molecule has 0 saturated heterocycles. The van der Waals surface area contributed by atoms with Gasteiger partial charge in [-0.15, -0.1) is 0 Å². The molecule has 0 fully saturated rings. The molecule has 30 heavy (non-hydrogen) atoms. The minimum Gasteiger partial charge on any atom is -0.458 e. The van der Waals surface area contributed by atoms with Crippen molar-refractivity contribution in [1.29, 1.82) is 0 Å². The van der Waals surface area contributed by atoms with Crippen LogP contribution in [0.4, 0.5) is 0 Å². The molecule has 1 N–H and O–H groups in total. The summed E-state index contributed by atoms with van der Waals surface area (Å²) in [6.07, 6.45) is 13.2. The summed E-state index contributed by atoms with van der Waals surface area (Å²) in [6.45, 7) is 3.57. The topological polar surface area (TPSA) is 72.8 Å². The predicted molar refractivity (Wildman–Crippen MR) is 117 cm³/mol. The Kier molecular flexibility index (Phi) is 10.1. The van der Waals surface area contributed by atoms with E-state index in [1.165, 1.54) is 57.9 Å². The van der Waals surface area contributed by atoms with E-state index in [4.69, 9.17) is 9.47 Å². The number of benzene rings is 1. The molecule has 1 aliphatic heterocycles. The zero-order chi connectivity index (χ0) is 21.8. The third kappa shape index (κ3) is 7.28. The first kappa shape index (κ1) is 24.1. The fourth-order valence-corrected chi connectivity index (χ4v) is 3.95. The summed E-state index contributed by atoms with van der Waals surface area (Å²) in [7, 11) is 0. The second kappa shape index (κ2) is 12.5. The molecule has 1 aliphatic rings. The molecule has 0 aromatic heterocycles. The Bertz CT molecular complexity index is 697. The Morgan fingerprint density at radius 3 is 2.13 bits per heavy atom. The summed E-state index contributed by atoms with van der Waals surface area (Å²) < 4.78 is 10.7. The Hall–Kier alpha value is -2.14. The lowest BCUT2D eigenvalue weighted by molar-refractivity contribution is -0.189. The lowest BCUT2D eigenvalue weighted by atomic mass is 9.91. The van der Waals surface area contributed by atoms with Crippen LogP contribution in [-0.4, -0.2) is 23.1 Å². The van der Waals surface area contributed by atoms with Gasteiger partial charge in [-0.1, -0.05) is 95.0 Å². The average molecular weight is 417 g/mol. The number of ether oxygens (including phenoxy) is 2. The molecular formula is C25H36O5. The third-order valence-electron chi connectivity index (χ3n) is 5.55. The number of carbonyl (C=O) groups excluding carboxylic acids is 2. The molecular weight excluding hydrogens is 380 g/mol. The third-order valence-corrected chi connectivity index (χ3v) is 5.55. The molecule has 0 aliphatic carbocycles. The smallest absolute Gasteiger partial charge is 0.334 e. The fraction of sp³-hybridized carbons (Fsp3) is 0.600. The van der Waals surface area contributed by atoms with E-state index in [1.807, 2.05) is 6.07 Å². The first-order valence-electron chi connectivity index (χ1n) is 11.4. The van der Waals surface area contributed by atoms with E-state index in [0.717, 1.165) is 19.3 Å². The minimum atomic E-state index is -1.89. The zero-order valence-electron chi connectivity index (χ0n) is 18.4. The maximum Gasteiger partial charge on any atom is 0.334 e. The summed E-state index contributed by atoms with van der Waals surface area (Å²) in [4.78, 5) is 23.6. The fourth-order valence-electron chi connectivity index (χ4n) is 3.95. The van der Waals surface area contributed by atoms with Crippen molar-refractivity contribution >= 4 is 11.9 Å². The first-order chi connectivity index (χ1) is 14.5. The maximum absolute atomic E-state index is 12.0. The summed E-state index contributed by atoms with van der Waals surface area (Å²) in [5.74, 6) is -2.96. The maximum atomic E-state index is 12.0. The molecule has 1 aromatic carbocycles. The second-order valence-corrected chi connectivity index (χ2v) is 8.10. The van der Waals surface area contributed by atoms with Gasteiger partial charge in [-0.2, -0.15) is 0 Å². The van der Waals surface area contributed by atoms with E-state index in [2.05, 4.69) is 6.92 Å².